The summed E-state index contributed by atoms with van der Waals surface area (Å²) in [6.07, 6.45) is 5.42. The number of anilines is 1. The summed E-state index contributed by atoms with van der Waals surface area (Å²) in [5, 5.41) is 2.63. The SMILES string of the molecule is CN(Cc1ccc(-n2ccc(NC(=O)N3CCN(C(=O)C(C)(C)N)CC3)nc2=O)cc1F)C1CCC(N)CC1.Cl. The highest BCUT2D eigenvalue weighted by Crippen LogP contribution is 2.24. The standard InChI is InChI=1S/C27H39FN8O3.ClH/c1-27(2,30)24(37)34-12-14-35(15-13-34)25(38)31-23-10-11-36(26(39)32-23)21-7-4-18(22(28)16-21)17-33(3)20-8-5-19(29)6-9-20;/h4,7,10-11,16,19-20H,5-6,8-9,12-15,17,29-30H2,1-3H3,(H,31,32,38,39);1H. The summed E-state index contributed by atoms with van der Waals surface area (Å²) in [5.74, 6) is -0.473. The number of nitrogens with one attached hydrogen (secondary N) is 1. The second-order valence-electron chi connectivity index (χ2n) is 11.2. The number of piperazine rings is 1. The third kappa shape index (κ3) is 7.57. The van der Waals surface area contributed by atoms with Crippen molar-refractivity contribution in [1.29, 1.82) is 0 Å². The van der Waals surface area contributed by atoms with Crippen molar-refractivity contribution < 1.29 is 14.0 Å². The van der Waals surface area contributed by atoms with Crippen molar-refractivity contribution in [3.8, 4) is 5.69 Å². The first kappa shape index (κ1) is 31.5. The highest BCUT2D eigenvalue weighted by atomic mass is 35.5. The van der Waals surface area contributed by atoms with E-state index in [2.05, 4.69) is 15.2 Å². The molecule has 0 atom stereocenters. The molecular weight excluding hydrogens is 539 g/mol. The molecule has 2 heterocycles. The maximum Gasteiger partial charge on any atom is 0.354 e. The summed E-state index contributed by atoms with van der Waals surface area (Å²) < 4.78 is 16.2. The van der Waals surface area contributed by atoms with Gasteiger partial charge in [-0.15, -0.1) is 12.4 Å². The molecule has 1 aromatic carbocycles. The monoisotopic (exact) mass is 578 g/mol. The lowest BCUT2D eigenvalue weighted by Crippen LogP contribution is -2.58. The average molecular weight is 579 g/mol. The molecule has 0 unspecified atom stereocenters. The molecule has 1 saturated heterocycles. The van der Waals surface area contributed by atoms with Gasteiger partial charge < -0.3 is 21.3 Å². The maximum absolute atomic E-state index is 15.0. The van der Waals surface area contributed by atoms with Crippen LogP contribution in [0.15, 0.2) is 35.3 Å². The van der Waals surface area contributed by atoms with Crippen LogP contribution in [-0.2, 0) is 11.3 Å². The molecule has 5 N–H and O–H groups in total. The van der Waals surface area contributed by atoms with E-state index in [1.54, 1.807) is 35.8 Å². The number of halogens is 2. The number of carbonyl (C=O) groups excluding carboxylic acids is 2. The van der Waals surface area contributed by atoms with Crippen molar-refractivity contribution in [3.63, 3.8) is 0 Å². The first-order chi connectivity index (χ1) is 18.4. The fourth-order valence-corrected chi connectivity index (χ4v) is 5.13. The van der Waals surface area contributed by atoms with Crippen LogP contribution in [0.1, 0.15) is 45.1 Å². The Kier molecular flexibility index (Phi) is 10.3. The molecular formula is C27H40ClFN8O3. The van der Waals surface area contributed by atoms with Crippen molar-refractivity contribution in [3.05, 3.63) is 52.3 Å². The van der Waals surface area contributed by atoms with Crippen molar-refractivity contribution in [2.75, 3.05) is 38.5 Å². The Morgan fingerprint density at radius 2 is 1.73 bits per heavy atom. The molecule has 40 heavy (non-hydrogen) atoms. The summed E-state index contributed by atoms with van der Waals surface area (Å²) in [7, 11) is 2.00. The lowest BCUT2D eigenvalue weighted by Gasteiger charge is -2.37. The molecule has 0 radical (unpaired) electrons. The molecule has 1 aliphatic heterocycles. The Morgan fingerprint density at radius 3 is 2.30 bits per heavy atom. The summed E-state index contributed by atoms with van der Waals surface area (Å²) in [4.78, 5) is 47.0. The zero-order valence-corrected chi connectivity index (χ0v) is 24.1. The average Bonchev–Trinajstić information content (AvgIpc) is 2.89. The highest BCUT2D eigenvalue weighted by Gasteiger charge is 2.31. The number of nitrogens with two attached hydrogens (primary N) is 2. The summed E-state index contributed by atoms with van der Waals surface area (Å²) in [6.45, 7) is 5.18. The Labute approximate surface area is 240 Å². The molecule has 0 spiro atoms. The Bertz CT molecular complexity index is 1250. The molecule has 4 rings (SSSR count). The lowest BCUT2D eigenvalue weighted by molar-refractivity contribution is -0.137. The van der Waals surface area contributed by atoms with Crippen LogP contribution in [0.3, 0.4) is 0 Å². The Morgan fingerprint density at radius 1 is 1.10 bits per heavy atom. The van der Waals surface area contributed by atoms with Crippen molar-refractivity contribution in [2.24, 2.45) is 11.5 Å². The molecule has 2 aromatic rings. The molecule has 2 fully saturated rings. The first-order valence-electron chi connectivity index (χ1n) is 13.4. The molecule has 3 amide bonds. The van der Waals surface area contributed by atoms with Gasteiger partial charge in [0, 0.05) is 56.6 Å². The maximum atomic E-state index is 15.0. The van der Waals surface area contributed by atoms with Gasteiger partial charge in [-0.2, -0.15) is 4.98 Å². The number of benzene rings is 1. The van der Waals surface area contributed by atoms with E-state index in [4.69, 9.17) is 11.5 Å². The fraction of sp³-hybridized carbons (Fsp3) is 0.556. The number of aromatic nitrogens is 2. The van der Waals surface area contributed by atoms with Crippen LogP contribution >= 0.6 is 12.4 Å². The Hall–Kier alpha value is -3.06. The van der Waals surface area contributed by atoms with E-state index in [0.29, 0.717) is 50.0 Å². The van der Waals surface area contributed by atoms with Crippen LogP contribution in [0, 0.1) is 5.82 Å². The predicted molar refractivity (Wildman–Crippen MR) is 154 cm³/mol. The first-order valence-corrected chi connectivity index (χ1v) is 13.4. The van der Waals surface area contributed by atoms with Gasteiger partial charge in [0.1, 0.15) is 11.6 Å². The van der Waals surface area contributed by atoms with Crippen LogP contribution in [-0.4, -0.2) is 87.0 Å². The minimum Gasteiger partial charge on any atom is -0.338 e. The van der Waals surface area contributed by atoms with Crippen LogP contribution < -0.4 is 22.5 Å². The topological polar surface area (TPSA) is 143 Å². The molecule has 13 heteroatoms. The normalized spacial score (nSPS) is 19.8. The van der Waals surface area contributed by atoms with Crippen LogP contribution in [0.2, 0.25) is 0 Å². The van der Waals surface area contributed by atoms with E-state index in [-0.39, 0.29) is 30.2 Å². The quantitative estimate of drug-likeness (QED) is 0.475. The second kappa shape index (κ2) is 13.1. The van der Waals surface area contributed by atoms with E-state index >= 15 is 0 Å². The van der Waals surface area contributed by atoms with Gasteiger partial charge in [0.05, 0.1) is 11.2 Å². The molecule has 0 bridgehead atoms. The largest absolute Gasteiger partial charge is 0.354 e. The van der Waals surface area contributed by atoms with E-state index in [0.717, 1.165) is 25.7 Å². The zero-order chi connectivity index (χ0) is 28.3. The van der Waals surface area contributed by atoms with Gasteiger partial charge in [-0.25, -0.2) is 14.0 Å². The highest BCUT2D eigenvalue weighted by molar-refractivity contribution is 5.89. The van der Waals surface area contributed by atoms with Crippen molar-refractivity contribution in [2.45, 2.75) is 63.7 Å². The number of urea groups is 1. The van der Waals surface area contributed by atoms with Gasteiger partial charge >= 0.3 is 11.7 Å². The second-order valence-corrected chi connectivity index (χ2v) is 11.2. The van der Waals surface area contributed by atoms with E-state index in [1.807, 2.05) is 7.05 Å². The number of carbonyl (C=O) groups is 2. The molecule has 11 nitrogen and oxygen atoms in total. The summed E-state index contributed by atoms with van der Waals surface area (Å²) in [5.41, 5.74) is 11.2. The number of nitrogens with zero attached hydrogens (tertiary/aromatic N) is 5. The molecule has 1 saturated carbocycles. The van der Waals surface area contributed by atoms with E-state index in [9.17, 15) is 18.8 Å². The molecule has 1 aliphatic carbocycles. The van der Waals surface area contributed by atoms with Gasteiger partial charge in [0.2, 0.25) is 5.91 Å². The minimum atomic E-state index is -0.970. The van der Waals surface area contributed by atoms with Crippen LogP contribution in [0.4, 0.5) is 15.0 Å². The third-order valence-corrected chi connectivity index (χ3v) is 7.54. The van der Waals surface area contributed by atoms with Gasteiger partial charge in [0.25, 0.3) is 0 Å². The third-order valence-electron chi connectivity index (χ3n) is 7.54. The minimum absolute atomic E-state index is 0. The van der Waals surface area contributed by atoms with Gasteiger partial charge in [-0.05, 0) is 64.8 Å². The molecule has 2 aliphatic rings. The zero-order valence-electron chi connectivity index (χ0n) is 23.3. The summed E-state index contributed by atoms with van der Waals surface area (Å²) >= 11 is 0. The number of hydrogen-bond donors (Lipinski definition) is 3. The van der Waals surface area contributed by atoms with Gasteiger partial charge in [0.15, 0.2) is 0 Å². The predicted octanol–water partition coefficient (Wildman–Crippen LogP) is 1.91. The van der Waals surface area contributed by atoms with Gasteiger partial charge in [-0.1, -0.05) is 6.07 Å². The molecule has 220 valence electrons. The van der Waals surface area contributed by atoms with Crippen molar-refractivity contribution in [1.82, 2.24) is 24.3 Å². The fourth-order valence-electron chi connectivity index (χ4n) is 5.13. The number of rotatable bonds is 6. The molecule has 1 aromatic heterocycles. The van der Waals surface area contributed by atoms with Crippen LogP contribution in [0.5, 0.6) is 0 Å². The lowest BCUT2D eigenvalue weighted by atomic mass is 9.91. The van der Waals surface area contributed by atoms with Crippen LogP contribution in [0.25, 0.3) is 5.69 Å². The van der Waals surface area contributed by atoms with E-state index in [1.165, 1.54) is 22.9 Å². The van der Waals surface area contributed by atoms with Gasteiger partial charge in [-0.3, -0.25) is 19.6 Å². The Balaban J connectivity index is 0.00000441. The summed E-state index contributed by atoms with van der Waals surface area (Å²) in [6, 6.07) is 6.41. The number of amides is 3. The number of hydrogen-bond acceptors (Lipinski definition) is 7. The smallest absolute Gasteiger partial charge is 0.338 e. The van der Waals surface area contributed by atoms with Crippen molar-refractivity contribution >= 4 is 30.2 Å². The van der Waals surface area contributed by atoms with E-state index < -0.39 is 23.1 Å².